The molecule has 4 rings (SSSR count). The zero-order valence-electron chi connectivity index (χ0n) is 20.9. The van der Waals surface area contributed by atoms with E-state index in [0.29, 0.717) is 22.6 Å². The SMILES string of the molecule is CC(C)(C)OC(=O)Nc1ccccc1NC(=O)C=Cc1ccn(S(=O)(=O)c2ccc(-c3ccccn3)s2)c1. The Morgan fingerprint density at radius 1 is 0.974 bits per heavy atom. The van der Waals surface area contributed by atoms with Crippen molar-refractivity contribution in [3.63, 3.8) is 0 Å². The first kappa shape index (κ1) is 26.8. The molecule has 0 fully saturated rings. The maximum Gasteiger partial charge on any atom is 0.412 e. The van der Waals surface area contributed by atoms with E-state index in [1.54, 1.807) is 75.5 Å². The Kier molecular flexibility index (Phi) is 7.79. The van der Waals surface area contributed by atoms with Crippen LogP contribution in [0, 0.1) is 0 Å². The van der Waals surface area contributed by atoms with Crippen LogP contribution in [0.1, 0.15) is 26.3 Å². The molecule has 2 N–H and O–H groups in total. The molecule has 0 atom stereocenters. The summed E-state index contributed by atoms with van der Waals surface area (Å²) < 4.78 is 32.7. The minimum atomic E-state index is -3.80. The predicted octanol–water partition coefficient (Wildman–Crippen LogP) is 5.85. The number of rotatable bonds is 7. The highest BCUT2D eigenvalue weighted by Gasteiger charge is 2.20. The fourth-order valence-electron chi connectivity index (χ4n) is 3.31. The van der Waals surface area contributed by atoms with E-state index in [2.05, 4.69) is 15.6 Å². The van der Waals surface area contributed by atoms with Gasteiger partial charge in [0.05, 0.1) is 21.9 Å². The summed E-state index contributed by atoms with van der Waals surface area (Å²) in [4.78, 5) is 29.7. The van der Waals surface area contributed by atoms with Crippen molar-refractivity contribution in [3.05, 3.63) is 90.9 Å². The van der Waals surface area contributed by atoms with Crippen LogP contribution in [0.4, 0.5) is 16.2 Å². The van der Waals surface area contributed by atoms with E-state index in [9.17, 15) is 18.0 Å². The van der Waals surface area contributed by atoms with Gasteiger partial charge in [-0.3, -0.25) is 15.1 Å². The van der Waals surface area contributed by atoms with Crippen molar-refractivity contribution < 1.29 is 22.7 Å². The molecule has 11 heteroatoms. The summed E-state index contributed by atoms with van der Waals surface area (Å²) in [5.41, 5.74) is 1.31. The van der Waals surface area contributed by atoms with Crippen LogP contribution in [-0.2, 0) is 19.6 Å². The lowest BCUT2D eigenvalue weighted by atomic mass is 10.2. The Labute approximate surface area is 224 Å². The molecule has 0 radical (unpaired) electrons. The zero-order valence-corrected chi connectivity index (χ0v) is 22.5. The molecule has 196 valence electrons. The van der Waals surface area contributed by atoms with Crippen molar-refractivity contribution in [2.75, 3.05) is 10.6 Å². The first-order chi connectivity index (χ1) is 18.0. The molecule has 0 spiro atoms. The van der Waals surface area contributed by atoms with E-state index in [-0.39, 0.29) is 4.21 Å². The first-order valence-corrected chi connectivity index (χ1v) is 13.8. The number of carbonyl (C=O) groups is 2. The molecule has 1 aromatic carbocycles. The second-order valence-electron chi connectivity index (χ2n) is 9.11. The molecule has 0 aliphatic rings. The Morgan fingerprint density at radius 2 is 1.68 bits per heavy atom. The van der Waals surface area contributed by atoms with Crippen LogP contribution < -0.4 is 10.6 Å². The molecule has 0 unspecified atom stereocenters. The van der Waals surface area contributed by atoms with Crippen LogP contribution in [0.25, 0.3) is 16.6 Å². The van der Waals surface area contributed by atoms with Crippen LogP contribution in [-0.4, -0.2) is 35.0 Å². The molecule has 0 aliphatic heterocycles. The van der Waals surface area contributed by atoms with Gasteiger partial charge in [0.2, 0.25) is 5.91 Å². The number of benzene rings is 1. The number of para-hydroxylation sites is 2. The second kappa shape index (κ2) is 11.0. The summed E-state index contributed by atoms with van der Waals surface area (Å²) in [6.45, 7) is 5.26. The molecular formula is C27H26N4O5S2. The van der Waals surface area contributed by atoms with Gasteiger partial charge in [-0.05, 0) is 74.9 Å². The number of thiophene rings is 1. The van der Waals surface area contributed by atoms with E-state index >= 15 is 0 Å². The average molecular weight is 551 g/mol. The molecule has 0 saturated heterocycles. The molecule has 0 bridgehead atoms. The van der Waals surface area contributed by atoms with E-state index in [1.807, 2.05) is 12.1 Å². The van der Waals surface area contributed by atoms with Gasteiger partial charge in [-0.1, -0.05) is 18.2 Å². The number of hydrogen-bond donors (Lipinski definition) is 2. The third kappa shape index (κ3) is 6.75. The summed E-state index contributed by atoms with van der Waals surface area (Å²) in [6, 6.07) is 17.0. The van der Waals surface area contributed by atoms with Crippen molar-refractivity contribution in [1.82, 2.24) is 8.96 Å². The standard InChI is InChI=1S/C27H26N4O5S2/c1-27(2,3)36-26(33)30-21-9-5-4-8-20(21)29-24(32)13-11-19-15-17-31(18-19)38(34,35)25-14-12-23(37-25)22-10-6-7-16-28-22/h4-18H,1-3H3,(H,29,32)(H,30,33). The topological polar surface area (TPSA) is 119 Å². The third-order valence-electron chi connectivity index (χ3n) is 4.97. The maximum atomic E-state index is 13.1. The Balaban J connectivity index is 1.43. The minimum absolute atomic E-state index is 0.177. The second-order valence-corrected chi connectivity index (χ2v) is 12.3. The van der Waals surface area contributed by atoms with Gasteiger partial charge in [-0.25, -0.2) is 8.77 Å². The van der Waals surface area contributed by atoms with E-state index < -0.39 is 27.6 Å². The van der Waals surface area contributed by atoms with Crippen molar-refractivity contribution in [2.24, 2.45) is 0 Å². The van der Waals surface area contributed by atoms with Crippen molar-refractivity contribution in [3.8, 4) is 10.6 Å². The van der Waals surface area contributed by atoms with Crippen LogP contribution in [0.2, 0.25) is 0 Å². The Hall–Kier alpha value is -4.22. The maximum absolute atomic E-state index is 13.1. The van der Waals surface area contributed by atoms with Crippen molar-refractivity contribution in [2.45, 2.75) is 30.6 Å². The van der Waals surface area contributed by atoms with Crippen LogP contribution in [0.15, 0.2) is 89.5 Å². The number of aromatic nitrogens is 2. The van der Waals surface area contributed by atoms with Gasteiger partial charge in [-0.15, -0.1) is 11.3 Å². The molecule has 0 saturated carbocycles. The molecule has 2 amide bonds. The van der Waals surface area contributed by atoms with Gasteiger partial charge in [0.1, 0.15) is 9.81 Å². The molecule has 9 nitrogen and oxygen atoms in total. The predicted molar refractivity (Wildman–Crippen MR) is 149 cm³/mol. The Bertz CT molecular complexity index is 1580. The van der Waals surface area contributed by atoms with E-state index in [4.69, 9.17) is 4.74 Å². The summed E-state index contributed by atoms with van der Waals surface area (Å²) >= 11 is 1.13. The zero-order chi connectivity index (χ0) is 27.3. The number of anilines is 2. The summed E-state index contributed by atoms with van der Waals surface area (Å²) in [7, 11) is -3.80. The number of nitrogens with one attached hydrogen (secondary N) is 2. The molecule has 0 aliphatic carbocycles. The Morgan fingerprint density at radius 3 is 2.37 bits per heavy atom. The van der Waals surface area contributed by atoms with E-state index in [0.717, 1.165) is 20.2 Å². The monoisotopic (exact) mass is 550 g/mol. The number of hydrogen-bond acceptors (Lipinski definition) is 7. The smallest absolute Gasteiger partial charge is 0.412 e. The number of ether oxygens (including phenoxy) is 1. The first-order valence-electron chi connectivity index (χ1n) is 11.5. The molecular weight excluding hydrogens is 524 g/mol. The average Bonchev–Trinajstić information content (AvgIpc) is 3.54. The minimum Gasteiger partial charge on any atom is -0.444 e. The lowest BCUT2D eigenvalue weighted by Gasteiger charge is -2.20. The summed E-state index contributed by atoms with van der Waals surface area (Å²) in [6.07, 6.45) is 6.64. The van der Waals surface area contributed by atoms with Gasteiger partial charge in [-0.2, -0.15) is 8.42 Å². The van der Waals surface area contributed by atoms with E-state index in [1.165, 1.54) is 24.5 Å². The molecule has 3 aromatic heterocycles. The number of amides is 2. The van der Waals surface area contributed by atoms with Gasteiger partial charge in [0.25, 0.3) is 10.0 Å². The molecule has 38 heavy (non-hydrogen) atoms. The van der Waals surface area contributed by atoms with Gasteiger partial charge < -0.3 is 10.1 Å². The largest absolute Gasteiger partial charge is 0.444 e. The summed E-state index contributed by atoms with van der Waals surface area (Å²) in [5.74, 6) is -0.461. The third-order valence-corrected chi connectivity index (χ3v) is 8.18. The van der Waals surface area contributed by atoms with Gasteiger partial charge in [0, 0.05) is 24.7 Å². The van der Waals surface area contributed by atoms with Crippen molar-refractivity contribution in [1.29, 1.82) is 0 Å². The highest BCUT2D eigenvalue weighted by Crippen LogP contribution is 2.31. The number of nitrogens with zero attached hydrogens (tertiary/aromatic N) is 2. The molecule has 4 aromatic rings. The quantitative estimate of drug-likeness (QED) is 0.279. The highest BCUT2D eigenvalue weighted by atomic mass is 32.2. The van der Waals surface area contributed by atoms with Gasteiger partial charge >= 0.3 is 6.09 Å². The normalized spacial score (nSPS) is 11.9. The number of carbonyl (C=O) groups excluding carboxylic acids is 2. The van der Waals surface area contributed by atoms with Gasteiger partial charge in [0.15, 0.2) is 0 Å². The van der Waals surface area contributed by atoms with Crippen LogP contribution >= 0.6 is 11.3 Å². The van der Waals surface area contributed by atoms with Crippen LogP contribution in [0.5, 0.6) is 0 Å². The van der Waals surface area contributed by atoms with Crippen LogP contribution in [0.3, 0.4) is 0 Å². The lowest BCUT2D eigenvalue weighted by Crippen LogP contribution is -2.27. The lowest BCUT2D eigenvalue weighted by molar-refractivity contribution is -0.111. The fraction of sp³-hybridized carbons (Fsp3) is 0.148. The molecule has 3 heterocycles. The fourth-order valence-corrected chi connectivity index (χ4v) is 5.90. The highest BCUT2D eigenvalue weighted by molar-refractivity contribution is 7.92. The summed E-state index contributed by atoms with van der Waals surface area (Å²) in [5, 5.41) is 5.33. The number of pyridine rings is 1. The van der Waals surface area contributed by atoms with Crippen molar-refractivity contribution >= 4 is 50.8 Å².